The third-order valence-corrected chi connectivity index (χ3v) is 4.08. The Morgan fingerprint density at radius 2 is 1.91 bits per heavy atom. The van der Waals surface area contributed by atoms with Crippen LogP contribution in [0.1, 0.15) is 56.6 Å². The molecule has 0 aliphatic carbocycles. The lowest BCUT2D eigenvalue weighted by molar-refractivity contribution is 0.440. The molecule has 0 atom stereocenters. The summed E-state index contributed by atoms with van der Waals surface area (Å²) in [6, 6.07) is 3.89. The van der Waals surface area contributed by atoms with E-state index in [1.165, 1.54) is 4.80 Å². The number of phenolic OH excluding ortho intramolecular Hbond substituents is 1. The first-order valence-corrected chi connectivity index (χ1v) is 8.15. The topological polar surface area (TPSA) is 50.9 Å². The molecule has 0 aliphatic heterocycles. The Kier molecular flexibility index (Phi) is 4.85. The zero-order valence-electron chi connectivity index (χ0n) is 14.6. The van der Waals surface area contributed by atoms with Crippen molar-refractivity contribution < 1.29 is 5.11 Å². The summed E-state index contributed by atoms with van der Waals surface area (Å²) in [6.07, 6.45) is 2.57. The van der Waals surface area contributed by atoms with Crippen LogP contribution in [0.5, 0.6) is 5.75 Å². The van der Waals surface area contributed by atoms with Crippen LogP contribution in [0, 0.1) is 13.8 Å². The lowest BCUT2D eigenvalue weighted by Gasteiger charge is -2.22. The molecule has 2 aromatic rings. The van der Waals surface area contributed by atoms with Gasteiger partial charge in [-0.3, -0.25) is 0 Å². The molecular formula is C18H24ClN3O. The van der Waals surface area contributed by atoms with Gasteiger partial charge in [-0.25, -0.2) is 0 Å². The van der Waals surface area contributed by atoms with Crippen molar-refractivity contribution in [1.29, 1.82) is 0 Å². The quantitative estimate of drug-likeness (QED) is 0.871. The Bertz CT molecular complexity index is 754. The van der Waals surface area contributed by atoms with Gasteiger partial charge in [0.2, 0.25) is 0 Å². The first kappa shape index (κ1) is 17.5. The van der Waals surface area contributed by atoms with Gasteiger partial charge in [0.1, 0.15) is 17.1 Å². The third kappa shape index (κ3) is 3.75. The number of halogens is 1. The predicted octanol–water partition coefficient (Wildman–Crippen LogP) is 4.88. The first-order chi connectivity index (χ1) is 10.6. The first-order valence-electron chi connectivity index (χ1n) is 7.78. The van der Waals surface area contributed by atoms with Crippen LogP contribution in [0.3, 0.4) is 0 Å². The number of benzene rings is 1. The average molecular weight is 334 g/mol. The highest BCUT2D eigenvalue weighted by Gasteiger charge is 2.22. The minimum Gasteiger partial charge on any atom is -0.505 e. The molecule has 23 heavy (non-hydrogen) atoms. The normalized spacial score (nSPS) is 12.7. The van der Waals surface area contributed by atoms with Gasteiger partial charge in [-0.2, -0.15) is 5.10 Å². The van der Waals surface area contributed by atoms with E-state index in [4.69, 9.17) is 11.6 Å². The zero-order valence-corrected chi connectivity index (χ0v) is 15.4. The fourth-order valence-corrected chi connectivity index (χ4v) is 2.47. The van der Waals surface area contributed by atoms with Crippen LogP contribution in [0.25, 0.3) is 11.8 Å². The second kappa shape index (κ2) is 6.36. The predicted molar refractivity (Wildman–Crippen MR) is 95.3 cm³/mol. The van der Waals surface area contributed by atoms with Crippen molar-refractivity contribution in [2.45, 2.75) is 53.4 Å². The molecule has 1 aromatic carbocycles. The van der Waals surface area contributed by atoms with Crippen molar-refractivity contribution in [2.24, 2.45) is 0 Å². The van der Waals surface area contributed by atoms with E-state index in [1.807, 2.05) is 39.0 Å². The lowest BCUT2D eigenvalue weighted by Crippen LogP contribution is -2.13. The van der Waals surface area contributed by atoms with E-state index >= 15 is 0 Å². The molecule has 4 nitrogen and oxygen atoms in total. The second-order valence-corrected chi connectivity index (χ2v) is 7.32. The Hall–Kier alpha value is -1.81. The van der Waals surface area contributed by atoms with Gasteiger partial charge in [0.15, 0.2) is 0 Å². The highest BCUT2D eigenvalue weighted by molar-refractivity contribution is 6.31. The van der Waals surface area contributed by atoms with Crippen molar-refractivity contribution >= 4 is 17.7 Å². The van der Waals surface area contributed by atoms with Crippen molar-refractivity contribution in [3.63, 3.8) is 0 Å². The summed E-state index contributed by atoms with van der Waals surface area (Å²) in [7, 11) is 0. The maximum Gasteiger partial charge on any atom is 0.146 e. The van der Waals surface area contributed by atoms with Crippen LogP contribution in [-0.4, -0.2) is 20.1 Å². The summed E-state index contributed by atoms with van der Waals surface area (Å²) in [5.41, 5.74) is 3.85. The number of phenols is 1. The standard InChI is InChI=1S/C18H24ClN3O/c1-7-13(19)10-15-12(3)20-22(21-15)16-9-11(2)8-14(17(16)23)18(4,5)6/h8-10,23H,7H2,1-6H3/b13-10+. The Morgan fingerprint density at radius 3 is 2.48 bits per heavy atom. The van der Waals surface area contributed by atoms with Crippen LogP contribution in [0.15, 0.2) is 17.2 Å². The molecule has 1 N–H and O–H groups in total. The molecule has 0 amide bonds. The molecule has 0 bridgehead atoms. The monoisotopic (exact) mass is 333 g/mol. The molecule has 124 valence electrons. The molecule has 0 fully saturated rings. The molecule has 0 aliphatic rings. The van der Waals surface area contributed by atoms with E-state index in [2.05, 4.69) is 31.0 Å². The van der Waals surface area contributed by atoms with Crippen LogP contribution in [-0.2, 0) is 5.41 Å². The van der Waals surface area contributed by atoms with Gasteiger partial charge in [0, 0.05) is 10.6 Å². The third-order valence-electron chi connectivity index (χ3n) is 3.71. The van der Waals surface area contributed by atoms with Crippen molar-refractivity contribution in [3.05, 3.63) is 39.7 Å². The fourth-order valence-electron chi connectivity index (χ4n) is 2.37. The van der Waals surface area contributed by atoms with E-state index in [0.717, 1.165) is 34.0 Å². The van der Waals surface area contributed by atoms with Crippen LogP contribution in [0.2, 0.25) is 0 Å². The molecule has 0 saturated carbocycles. The Morgan fingerprint density at radius 1 is 1.26 bits per heavy atom. The second-order valence-electron chi connectivity index (χ2n) is 6.84. The molecule has 1 aromatic heterocycles. The number of hydrogen-bond acceptors (Lipinski definition) is 3. The highest BCUT2D eigenvalue weighted by Crippen LogP contribution is 2.36. The smallest absolute Gasteiger partial charge is 0.146 e. The number of aromatic hydroxyl groups is 1. The minimum atomic E-state index is -0.165. The molecule has 0 spiro atoms. The van der Waals surface area contributed by atoms with Crippen molar-refractivity contribution in [2.75, 3.05) is 0 Å². The van der Waals surface area contributed by atoms with E-state index in [-0.39, 0.29) is 11.2 Å². The summed E-state index contributed by atoms with van der Waals surface area (Å²) < 4.78 is 0. The van der Waals surface area contributed by atoms with Crippen molar-refractivity contribution in [1.82, 2.24) is 15.0 Å². The van der Waals surface area contributed by atoms with E-state index in [0.29, 0.717) is 5.69 Å². The van der Waals surface area contributed by atoms with Gasteiger partial charge < -0.3 is 5.11 Å². The van der Waals surface area contributed by atoms with E-state index in [9.17, 15) is 5.11 Å². The van der Waals surface area contributed by atoms with Crippen LogP contribution >= 0.6 is 11.6 Å². The number of aromatic nitrogens is 3. The Labute approximate surface area is 142 Å². The van der Waals surface area contributed by atoms with Gasteiger partial charge in [0.05, 0.1) is 5.69 Å². The molecule has 2 rings (SSSR count). The fraction of sp³-hybridized carbons (Fsp3) is 0.444. The maximum atomic E-state index is 10.7. The van der Waals surface area contributed by atoms with E-state index < -0.39 is 0 Å². The Balaban J connectivity index is 2.60. The minimum absolute atomic E-state index is 0.165. The molecule has 0 unspecified atom stereocenters. The van der Waals surface area contributed by atoms with Crippen LogP contribution < -0.4 is 0 Å². The summed E-state index contributed by atoms with van der Waals surface area (Å²) in [5, 5.41) is 20.3. The van der Waals surface area contributed by atoms with Gasteiger partial charge in [-0.15, -0.1) is 9.90 Å². The zero-order chi connectivity index (χ0) is 17.4. The van der Waals surface area contributed by atoms with Gasteiger partial charge in [-0.05, 0) is 43.4 Å². The summed E-state index contributed by atoms with van der Waals surface area (Å²) in [5.74, 6) is 0.218. The summed E-state index contributed by atoms with van der Waals surface area (Å²) in [4.78, 5) is 1.48. The average Bonchev–Trinajstić information content (AvgIpc) is 2.80. The highest BCUT2D eigenvalue weighted by atomic mass is 35.5. The lowest BCUT2D eigenvalue weighted by atomic mass is 9.85. The number of nitrogens with zero attached hydrogens (tertiary/aromatic N) is 3. The summed E-state index contributed by atoms with van der Waals surface area (Å²) in [6.45, 7) is 12.1. The maximum absolute atomic E-state index is 10.7. The number of allylic oxidation sites excluding steroid dienone is 1. The largest absolute Gasteiger partial charge is 0.505 e. The number of hydrogen-bond donors (Lipinski definition) is 1. The van der Waals surface area contributed by atoms with E-state index in [1.54, 1.807) is 0 Å². The molecule has 5 heteroatoms. The van der Waals surface area contributed by atoms with Crippen molar-refractivity contribution in [3.8, 4) is 11.4 Å². The molecule has 0 radical (unpaired) electrons. The molecular weight excluding hydrogens is 310 g/mol. The van der Waals surface area contributed by atoms with Crippen LogP contribution in [0.4, 0.5) is 0 Å². The SMILES string of the molecule is CC/C(Cl)=C\c1nn(-c2cc(C)cc(C(C)(C)C)c2O)nc1C. The summed E-state index contributed by atoms with van der Waals surface area (Å²) >= 11 is 6.10. The molecule has 0 saturated heterocycles. The van der Waals surface area contributed by atoms with Gasteiger partial charge in [0.25, 0.3) is 0 Å². The van der Waals surface area contributed by atoms with Gasteiger partial charge >= 0.3 is 0 Å². The number of aryl methyl sites for hydroxylation is 2. The molecule has 1 heterocycles. The number of rotatable bonds is 3. The van der Waals surface area contributed by atoms with Gasteiger partial charge in [-0.1, -0.05) is 45.4 Å².